The summed E-state index contributed by atoms with van der Waals surface area (Å²) in [5.74, 6) is 0.186. The van der Waals surface area contributed by atoms with Gasteiger partial charge in [-0.15, -0.1) is 0 Å². The predicted octanol–water partition coefficient (Wildman–Crippen LogP) is 1.65. The quantitative estimate of drug-likeness (QED) is 0.779. The van der Waals surface area contributed by atoms with Crippen LogP contribution in [0, 0.1) is 5.92 Å². The van der Waals surface area contributed by atoms with Gasteiger partial charge in [0.05, 0.1) is 5.37 Å². The van der Waals surface area contributed by atoms with Gasteiger partial charge in [0.2, 0.25) is 5.17 Å². The lowest BCUT2D eigenvalue weighted by Crippen LogP contribution is -2.25. The zero-order valence-electron chi connectivity index (χ0n) is 8.90. The van der Waals surface area contributed by atoms with Gasteiger partial charge in [0.15, 0.2) is 0 Å². The van der Waals surface area contributed by atoms with E-state index in [-0.39, 0.29) is 11.8 Å². The van der Waals surface area contributed by atoms with Crippen LogP contribution in [-0.4, -0.2) is 16.4 Å². The number of amidine groups is 1. The molecule has 4 nitrogen and oxygen atoms in total. The summed E-state index contributed by atoms with van der Waals surface area (Å²) in [7, 11) is 0. The van der Waals surface area contributed by atoms with Crippen molar-refractivity contribution in [2.75, 3.05) is 0 Å². The molecule has 1 radical (unpaired) electrons. The molecule has 1 unspecified atom stereocenters. The maximum Gasteiger partial charge on any atom is 0.251 e. The van der Waals surface area contributed by atoms with Crippen molar-refractivity contribution in [3.05, 3.63) is 0 Å². The van der Waals surface area contributed by atoms with Crippen LogP contribution in [0.1, 0.15) is 39.0 Å². The van der Waals surface area contributed by atoms with Crippen LogP contribution < -0.4 is 10.9 Å². The fraction of sp³-hybridized carbons (Fsp3) is 0.800. The van der Waals surface area contributed by atoms with Crippen LogP contribution in [0.3, 0.4) is 0 Å². The second kappa shape index (κ2) is 4.99. The molecule has 5 heteroatoms. The van der Waals surface area contributed by atoms with Gasteiger partial charge < -0.3 is 0 Å². The van der Waals surface area contributed by atoms with E-state index in [1.165, 1.54) is 12.8 Å². The number of carbonyl (C=O) groups is 1. The first-order valence-electron chi connectivity index (χ1n) is 5.55. The minimum absolute atomic E-state index is 0.0253. The smallest absolute Gasteiger partial charge is 0.251 e. The van der Waals surface area contributed by atoms with Gasteiger partial charge in [-0.25, -0.2) is 0 Å². The van der Waals surface area contributed by atoms with E-state index in [9.17, 15) is 4.79 Å². The van der Waals surface area contributed by atoms with Crippen molar-refractivity contribution < 1.29 is 4.79 Å². The lowest BCUT2D eigenvalue weighted by Gasteiger charge is -2.02. The van der Waals surface area contributed by atoms with Crippen molar-refractivity contribution in [2.24, 2.45) is 10.9 Å². The summed E-state index contributed by atoms with van der Waals surface area (Å²) in [5.41, 5.74) is 7.00. The van der Waals surface area contributed by atoms with E-state index >= 15 is 0 Å². The first kappa shape index (κ1) is 11.0. The number of amides is 1. The summed E-state index contributed by atoms with van der Waals surface area (Å²) in [4.78, 5) is 15.8. The SMILES string of the molecule is CCC1N[N]C(=NC(=O)C2CCCC2)S1. The van der Waals surface area contributed by atoms with Crippen LogP contribution in [0.25, 0.3) is 0 Å². The van der Waals surface area contributed by atoms with Gasteiger partial charge in [0.25, 0.3) is 5.91 Å². The number of carbonyl (C=O) groups excluding carboxylic acids is 1. The van der Waals surface area contributed by atoms with Gasteiger partial charge in [-0.3, -0.25) is 4.79 Å². The molecular weight excluding hydrogens is 210 g/mol. The maximum absolute atomic E-state index is 11.7. The molecule has 1 saturated heterocycles. The maximum atomic E-state index is 11.7. The van der Waals surface area contributed by atoms with Crippen molar-refractivity contribution >= 4 is 22.8 Å². The van der Waals surface area contributed by atoms with Crippen molar-refractivity contribution in [2.45, 2.75) is 44.4 Å². The summed E-state index contributed by atoms with van der Waals surface area (Å²) < 4.78 is 0. The molecule has 0 aromatic heterocycles. The van der Waals surface area contributed by atoms with Crippen LogP contribution in [-0.2, 0) is 4.79 Å². The molecule has 1 heterocycles. The van der Waals surface area contributed by atoms with E-state index < -0.39 is 0 Å². The molecule has 1 amide bonds. The predicted molar refractivity (Wildman–Crippen MR) is 61.3 cm³/mol. The lowest BCUT2D eigenvalue weighted by atomic mass is 10.1. The van der Waals surface area contributed by atoms with Crippen LogP contribution in [0.2, 0.25) is 0 Å². The molecule has 2 fully saturated rings. The third kappa shape index (κ3) is 2.72. The Morgan fingerprint density at radius 2 is 2.33 bits per heavy atom. The number of hydrogen-bond donors (Lipinski definition) is 1. The highest BCUT2D eigenvalue weighted by Gasteiger charge is 2.26. The zero-order chi connectivity index (χ0) is 10.7. The topological polar surface area (TPSA) is 55.6 Å². The molecule has 83 valence electrons. The zero-order valence-corrected chi connectivity index (χ0v) is 9.72. The number of nitrogens with zero attached hydrogens (tertiary/aromatic N) is 2. The Labute approximate surface area is 94.3 Å². The summed E-state index contributed by atoms with van der Waals surface area (Å²) in [6, 6.07) is 0. The van der Waals surface area contributed by atoms with Gasteiger partial charge in [0.1, 0.15) is 0 Å². The Balaban J connectivity index is 1.89. The third-order valence-electron chi connectivity index (χ3n) is 2.83. The van der Waals surface area contributed by atoms with Crippen molar-refractivity contribution in [1.82, 2.24) is 10.9 Å². The van der Waals surface area contributed by atoms with Gasteiger partial charge in [-0.05, 0) is 19.3 Å². The molecule has 2 rings (SSSR count). The second-order valence-corrected chi connectivity index (χ2v) is 5.14. The molecule has 1 saturated carbocycles. The molecule has 1 N–H and O–H groups in total. The van der Waals surface area contributed by atoms with Gasteiger partial charge in [-0.2, -0.15) is 15.8 Å². The molecular formula is C10H16N3OS. The highest BCUT2D eigenvalue weighted by Crippen LogP contribution is 2.26. The number of aliphatic imine (C=N–C) groups is 1. The van der Waals surface area contributed by atoms with E-state index in [0.717, 1.165) is 19.3 Å². The molecule has 0 spiro atoms. The minimum Gasteiger partial charge on any atom is -0.272 e. The average Bonchev–Trinajstić information content (AvgIpc) is 2.87. The van der Waals surface area contributed by atoms with Crippen LogP contribution in [0.5, 0.6) is 0 Å². The molecule has 15 heavy (non-hydrogen) atoms. The fourth-order valence-electron chi connectivity index (χ4n) is 1.89. The van der Waals surface area contributed by atoms with Crippen molar-refractivity contribution in [3.8, 4) is 0 Å². The second-order valence-electron chi connectivity index (χ2n) is 3.97. The third-order valence-corrected chi connectivity index (χ3v) is 3.95. The number of nitrogens with one attached hydrogen (secondary N) is 1. The van der Waals surface area contributed by atoms with Crippen LogP contribution >= 0.6 is 11.8 Å². The molecule has 1 aliphatic heterocycles. The highest BCUT2D eigenvalue weighted by molar-refractivity contribution is 8.14. The molecule has 0 aromatic carbocycles. The van der Waals surface area contributed by atoms with Crippen LogP contribution in [0.15, 0.2) is 4.99 Å². The molecule has 0 aromatic rings. The Kier molecular flexibility index (Phi) is 3.64. The normalized spacial score (nSPS) is 29.7. The number of rotatable bonds is 2. The highest BCUT2D eigenvalue weighted by atomic mass is 32.2. The molecule has 2 aliphatic rings. The van der Waals surface area contributed by atoms with Gasteiger partial charge >= 0.3 is 0 Å². The standard InChI is InChI=1S/C10H16N3OS/c1-2-8-12-13-10(15-8)11-9(14)7-5-3-4-6-7/h7-8,12H,2-6H2,1H3. The summed E-state index contributed by atoms with van der Waals surface area (Å²) in [6.45, 7) is 2.09. The Hall–Kier alpha value is -0.550. The molecule has 1 atom stereocenters. The first-order chi connectivity index (χ1) is 7.29. The van der Waals surface area contributed by atoms with E-state index in [2.05, 4.69) is 22.8 Å². The Bertz CT molecular complexity index is 274. The summed E-state index contributed by atoms with van der Waals surface area (Å²) in [6.07, 6.45) is 5.34. The summed E-state index contributed by atoms with van der Waals surface area (Å²) in [5, 5.41) is 0.902. The lowest BCUT2D eigenvalue weighted by molar-refractivity contribution is -0.121. The molecule has 0 bridgehead atoms. The van der Waals surface area contributed by atoms with E-state index in [1.807, 2.05) is 0 Å². The Morgan fingerprint density at radius 3 is 2.93 bits per heavy atom. The van der Waals surface area contributed by atoms with Crippen molar-refractivity contribution in [1.29, 1.82) is 0 Å². The minimum atomic E-state index is 0.0253. The fourth-order valence-corrected chi connectivity index (χ4v) is 2.67. The van der Waals surface area contributed by atoms with E-state index in [0.29, 0.717) is 10.5 Å². The van der Waals surface area contributed by atoms with E-state index in [4.69, 9.17) is 0 Å². The van der Waals surface area contributed by atoms with E-state index in [1.54, 1.807) is 11.8 Å². The van der Waals surface area contributed by atoms with Crippen LogP contribution in [0.4, 0.5) is 0 Å². The first-order valence-corrected chi connectivity index (χ1v) is 6.43. The number of thioether (sulfide) groups is 1. The average molecular weight is 226 g/mol. The van der Waals surface area contributed by atoms with Gasteiger partial charge in [0, 0.05) is 5.92 Å². The molecule has 1 aliphatic carbocycles. The summed E-state index contributed by atoms with van der Waals surface area (Å²) >= 11 is 1.55. The monoisotopic (exact) mass is 226 g/mol. The Morgan fingerprint density at radius 1 is 1.60 bits per heavy atom. The van der Waals surface area contributed by atoms with Crippen molar-refractivity contribution in [3.63, 3.8) is 0 Å². The van der Waals surface area contributed by atoms with Gasteiger partial charge in [-0.1, -0.05) is 31.5 Å². The number of hydrogen-bond acceptors (Lipinski definition) is 3. The largest absolute Gasteiger partial charge is 0.272 e.